The molecule has 0 aliphatic carbocycles. The van der Waals surface area contributed by atoms with Gasteiger partial charge in [-0.1, -0.05) is 0 Å². The average molecular weight is 107 g/mol. The van der Waals surface area contributed by atoms with Crippen molar-refractivity contribution in [1.29, 1.82) is 0 Å². The summed E-state index contributed by atoms with van der Waals surface area (Å²) >= 11 is 0. The highest BCUT2D eigenvalue weighted by Gasteiger charge is 1.93. The smallest absolute Gasteiger partial charge is 0.132 e. The summed E-state index contributed by atoms with van der Waals surface area (Å²) in [5.74, 6) is 0. The van der Waals surface area contributed by atoms with Gasteiger partial charge in [0.2, 0.25) is 0 Å². The summed E-state index contributed by atoms with van der Waals surface area (Å²) in [4.78, 5) is 0. The molecule has 44 valence electrons. The number of hydrogen-bond donors (Lipinski definition) is 1. The summed E-state index contributed by atoms with van der Waals surface area (Å²) in [6.07, 6.45) is -0.468. The van der Waals surface area contributed by atoms with E-state index in [0.29, 0.717) is 6.61 Å². The fourth-order valence-corrected chi connectivity index (χ4v) is 0.281. The lowest BCUT2D eigenvalue weighted by molar-refractivity contribution is 0.00658. The Balaban J connectivity index is 2.83. The quantitative estimate of drug-likeness (QED) is 0.426. The van der Waals surface area contributed by atoms with Crippen LogP contribution >= 0.6 is 0 Å². The molecule has 0 aliphatic rings. The Morgan fingerprint density at radius 2 is 2.43 bits per heavy atom. The molecule has 0 heterocycles. The van der Waals surface area contributed by atoms with Gasteiger partial charge in [0.15, 0.2) is 0 Å². The highest BCUT2D eigenvalue weighted by Crippen LogP contribution is 1.81. The van der Waals surface area contributed by atoms with Crippen molar-refractivity contribution in [3.05, 3.63) is 0 Å². The molecule has 1 atom stereocenters. The molecule has 3 heteroatoms. The van der Waals surface area contributed by atoms with E-state index in [-0.39, 0.29) is 0 Å². The molecule has 0 fully saturated rings. The first-order valence-electron chi connectivity index (χ1n) is 2.29. The fraction of sp³-hybridized carbons (Fsp3) is 1.00. The van der Waals surface area contributed by atoms with E-state index >= 15 is 0 Å². The van der Waals surface area contributed by atoms with Crippen LogP contribution in [0, 0.1) is 0 Å². The summed E-state index contributed by atoms with van der Waals surface area (Å²) in [5.41, 5.74) is 1.44. The van der Waals surface area contributed by atoms with E-state index < -0.39 is 6.23 Å². The van der Waals surface area contributed by atoms with Crippen LogP contribution in [0.15, 0.2) is 0 Å². The molecule has 0 amide bonds. The third kappa shape index (κ3) is 3.69. The Kier molecular flexibility index (Phi) is 3.93. The molecule has 0 saturated heterocycles. The van der Waals surface area contributed by atoms with Crippen molar-refractivity contribution in [1.82, 2.24) is 5.54 Å². The van der Waals surface area contributed by atoms with Crippen LogP contribution in [-0.4, -0.2) is 12.8 Å². The molecule has 2 nitrogen and oxygen atoms in total. The SMILES string of the molecule is CCOC(C)NF. The predicted molar refractivity (Wildman–Crippen MR) is 25.3 cm³/mol. The lowest BCUT2D eigenvalue weighted by atomic mass is 10.7. The molecule has 1 N–H and O–H groups in total. The largest absolute Gasteiger partial charge is 0.362 e. The maximum absolute atomic E-state index is 11.2. The van der Waals surface area contributed by atoms with Crippen LogP contribution in [0.4, 0.5) is 4.48 Å². The van der Waals surface area contributed by atoms with Crippen molar-refractivity contribution >= 4 is 0 Å². The van der Waals surface area contributed by atoms with Crippen molar-refractivity contribution in [2.45, 2.75) is 20.1 Å². The van der Waals surface area contributed by atoms with Crippen LogP contribution in [0.5, 0.6) is 0 Å². The molecule has 0 spiro atoms. The summed E-state index contributed by atoms with van der Waals surface area (Å²) in [7, 11) is 0. The van der Waals surface area contributed by atoms with Crippen LogP contribution in [-0.2, 0) is 4.74 Å². The number of halogens is 1. The standard InChI is InChI=1S/C4H10FNO/c1-3-7-4(2)6-5/h4,6H,3H2,1-2H3. The number of nitrogens with one attached hydrogen (secondary N) is 1. The second-order valence-electron chi connectivity index (χ2n) is 1.21. The van der Waals surface area contributed by atoms with Gasteiger partial charge in [-0.05, 0) is 13.8 Å². The topological polar surface area (TPSA) is 21.3 Å². The van der Waals surface area contributed by atoms with Crippen molar-refractivity contribution in [3.8, 4) is 0 Å². The maximum Gasteiger partial charge on any atom is 0.132 e. The summed E-state index contributed by atoms with van der Waals surface area (Å²) < 4.78 is 15.9. The molecular formula is C4H10FNO. The molecule has 0 bridgehead atoms. The van der Waals surface area contributed by atoms with Crippen LogP contribution in [0.3, 0.4) is 0 Å². The lowest BCUT2D eigenvalue weighted by Gasteiger charge is -2.04. The molecule has 0 rings (SSSR count). The van der Waals surface area contributed by atoms with Crippen molar-refractivity contribution in [2.24, 2.45) is 0 Å². The zero-order chi connectivity index (χ0) is 5.70. The van der Waals surface area contributed by atoms with Gasteiger partial charge in [0.25, 0.3) is 0 Å². The van der Waals surface area contributed by atoms with Crippen LogP contribution < -0.4 is 5.54 Å². The number of rotatable bonds is 3. The van der Waals surface area contributed by atoms with Crippen LogP contribution in [0.1, 0.15) is 13.8 Å². The van der Waals surface area contributed by atoms with Gasteiger partial charge < -0.3 is 4.74 Å². The van der Waals surface area contributed by atoms with Crippen molar-refractivity contribution < 1.29 is 9.22 Å². The molecule has 7 heavy (non-hydrogen) atoms. The van der Waals surface area contributed by atoms with Gasteiger partial charge in [0, 0.05) is 6.61 Å². The number of ether oxygens (including phenoxy) is 1. The van der Waals surface area contributed by atoms with Gasteiger partial charge in [-0.2, -0.15) is 0 Å². The predicted octanol–water partition coefficient (Wildman–Crippen LogP) is 0.843. The lowest BCUT2D eigenvalue weighted by Crippen LogP contribution is -2.20. The normalized spacial score (nSPS) is 14.1. The Morgan fingerprint density at radius 1 is 1.86 bits per heavy atom. The van der Waals surface area contributed by atoms with E-state index in [1.165, 1.54) is 5.54 Å². The van der Waals surface area contributed by atoms with Crippen molar-refractivity contribution in [2.75, 3.05) is 6.61 Å². The second kappa shape index (κ2) is 4.02. The first-order chi connectivity index (χ1) is 3.31. The highest BCUT2D eigenvalue weighted by atomic mass is 19.2. The summed E-state index contributed by atoms with van der Waals surface area (Å²) in [6, 6.07) is 0. The molecule has 0 aromatic carbocycles. The van der Waals surface area contributed by atoms with E-state index in [9.17, 15) is 4.48 Å². The third-order valence-corrected chi connectivity index (χ3v) is 0.570. The van der Waals surface area contributed by atoms with Crippen LogP contribution in [0.25, 0.3) is 0 Å². The van der Waals surface area contributed by atoms with Crippen molar-refractivity contribution in [3.63, 3.8) is 0 Å². The molecular weight excluding hydrogens is 97.0 g/mol. The molecule has 0 radical (unpaired) electrons. The Bertz CT molecular complexity index is 42.7. The van der Waals surface area contributed by atoms with Gasteiger partial charge in [-0.3, -0.25) is 0 Å². The molecule has 0 saturated carbocycles. The second-order valence-corrected chi connectivity index (χ2v) is 1.21. The van der Waals surface area contributed by atoms with Gasteiger partial charge in [0.05, 0.1) is 0 Å². The molecule has 0 aromatic rings. The summed E-state index contributed by atoms with van der Waals surface area (Å²) in [6.45, 7) is 3.95. The zero-order valence-electron chi connectivity index (χ0n) is 4.57. The van der Waals surface area contributed by atoms with Gasteiger partial charge in [-0.15, -0.1) is 10.0 Å². The van der Waals surface area contributed by atoms with E-state index in [1.54, 1.807) is 6.92 Å². The minimum absolute atomic E-state index is 0.468. The Labute approximate surface area is 42.6 Å². The van der Waals surface area contributed by atoms with Crippen LogP contribution in [0.2, 0.25) is 0 Å². The van der Waals surface area contributed by atoms with Gasteiger partial charge in [-0.25, -0.2) is 0 Å². The van der Waals surface area contributed by atoms with E-state index in [1.807, 2.05) is 6.92 Å². The summed E-state index contributed by atoms with van der Waals surface area (Å²) in [5, 5.41) is 0. The minimum Gasteiger partial charge on any atom is -0.362 e. The van der Waals surface area contributed by atoms with E-state index in [0.717, 1.165) is 0 Å². The zero-order valence-corrected chi connectivity index (χ0v) is 4.57. The average Bonchev–Trinajstić information content (AvgIpc) is 1.68. The highest BCUT2D eigenvalue weighted by molar-refractivity contribution is 4.30. The Morgan fingerprint density at radius 3 is 2.57 bits per heavy atom. The van der Waals surface area contributed by atoms with Gasteiger partial charge >= 0.3 is 0 Å². The molecule has 0 aliphatic heterocycles. The Hall–Kier alpha value is -0.150. The third-order valence-electron chi connectivity index (χ3n) is 0.570. The molecule has 0 aromatic heterocycles. The first kappa shape index (κ1) is 6.85. The van der Waals surface area contributed by atoms with E-state index in [4.69, 9.17) is 4.74 Å². The minimum atomic E-state index is -0.468. The maximum atomic E-state index is 11.2. The van der Waals surface area contributed by atoms with E-state index in [2.05, 4.69) is 0 Å². The van der Waals surface area contributed by atoms with Gasteiger partial charge in [0.1, 0.15) is 6.23 Å². The molecule has 1 unspecified atom stereocenters. The fourth-order valence-electron chi connectivity index (χ4n) is 0.281. The number of hydrogen-bond acceptors (Lipinski definition) is 2. The first-order valence-corrected chi connectivity index (χ1v) is 2.29. The monoisotopic (exact) mass is 107 g/mol.